The molecule has 2 N–H and O–H groups in total. The maximum atomic E-state index is 6.16. The summed E-state index contributed by atoms with van der Waals surface area (Å²) in [6.45, 7) is 0. The fraction of sp³-hybridized carbons (Fsp3) is 0.214. The van der Waals surface area contributed by atoms with Crippen molar-refractivity contribution < 1.29 is 0 Å². The first-order valence-corrected chi connectivity index (χ1v) is 6.14. The Morgan fingerprint density at radius 1 is 1.18 bits per heavy atom. The maximum absolute atomic E-state index is 6.16. The molecule has 1 aromatic heterocycles. The molecule has 1 aliphatic carbocycles. The van der Waals surface area contributed by atoms with Crippen LogP contribution in [-0.2, 0) is 0 Å². The Morgan fingerprint density at radius 2 is 1.94 bits per heavy atom. The molecule has 0 bridgehead atoms. The van der Waals surface area contributed by atoms with Gasteiger partial charge in [-0.1, -0.05) is 29.8 Å². The molecule has 0 atom stereocenters. The number of rotatable bonds is 2. The monoisotopic (exact) mass is 244 g/mol. The molecule has 1 saturated carbocycles. The van der Waals surface area contributed by atoms with Crippen LogP contribution in [0.4, 0.5) is 5.69 Å². The van der Waals surface area contributed by atoms with Crippen molar-refractivity contribution in [2.75, 3.05) is 5.73 Å². The molecule has 1 heterocycles. The third-order valence-corrected chi connectivity index (χ3v) is 3.45. The fourth-order valence-electron chi connectivity index (χ4n) is 2.00. The Bertz CT molecular complexity index is 562. The van der Waals surface area contributed by atoms with Crippen LogP contribution in [-0.4, -0.2) is 4.98 Å². The first-order valence-electron chi connectivity index (χ1n) is 5.76. The van der Waals surface area contributed by atoms with Gasteiger partial charge >= 0.3 is 0 Å². The molecule has 0 radical (unpaired) electrons. The number of nitrogens with two attached hydrogens (primary N) is 1. The second-order valence-electron chi connectivity index (χ2n) is 4.45. The Hall–Kier alpha value is -1.54. The lowest BCUT2D eigenvalue weighted by atomic mass is 10.0. The number of hydrogen-bond acceptors (Lipinski definition) is 2. The number of anilines is 1. The highest BCUT2D eigenvalue weighted by Crippen LogP contribution is 2.41. The number of nitrogens with zero attached hydrogens (tertiary/aromatic N) is 1. The van der Waals surface area contributed by atoms with Crippen LogP contribution in [0.15, 0.2) is 36.5 Å². The van der Waals surface area contributed by atoms with Crippen LogP contribution in [0.2, 0.25) is 5.02 Å². The normalized spacial score (nSPS) is 14.9. The number of halogens is 1. The largest absolute Gasteiger partial charge is 0.398 e. The zero-order valence-corrected chi connectivity index (χ0v) is 10.1. The van der Waals surface area contributed by atoms with Crippen LogP contribution in [0.3, 0.4) is 0 Å². The van der Waals surface area contributed by atoms with Gasteiger partial charge in [-0.15, -0.1) is 0 Å². The van der Waals surface area contributed by atoms with Crippen molar-refractivity contribution in [3.05, 3.63) is 47.2 Å². The van der Waals surface area contributed by atoms with E-state index in [9.17, 15) is 0 Å². The van der Waals surface area contributed by atoms with Gasteiger partial charge in [0, 0.05) is 39.6 Å². The van der Waals surface area contributed by atoms with Crippen LogP contribution in [0.5, 0.6) is 0 Å². The smallest absolute Gasteiger partial charge is 0.0485 e. The Labute approximate surface area is 105 Å². The molecule has 0 amide bonds. The summed E-state index contributed by atoms with van der Waals surface area (Å²) in [7, 11) is 0. The van der Waals surface area contributed by atoms with Crippen molar-refractivity contribution in [3.63, 3.8) is 0 Å². The number of benzene rings is 1. The molecular weight excluding hydrogens is 232 g/mol. The molecule has 1 aliphatic rings. The summed E-state index contributed by atoms with van der Waals surface area (Å²) in [5.41, 5.74) is 9.82. The predicted octanol–water partition coefficient (Wildman–Crippen LogP) is 3.86. The van der Waals surface area contributed by atoms with Gasteiger partial charge in [-0.25, -0.2) is 0 Å². The SMILES string of the molecule is Nc1cc(C2CC2)ncc1-c1ccccc1Cl. The van der Waals surface area contributed by atoms with E-state index in [1.165, 1.54) is 12.8 Å². The van der Waals surface area contributed by atoms with E-state index in [4.69, 9.17) is 17.3 Å². The van der Waals surface area contributed by atoms with Gasteiger partial charge in [-0.05, 0) is 25.0 Å². The topological polar surface area (TPSA) is 38.9 Å². The number of pyridine rings is 1. The molecule has 2 aromatic rings. The van der Waals surface area contributed by atoms with Gasteiger partial charge in [-0.3, -0.25) is 4.98 Å². The van der Waals surface area contributed by atoms with Crippen molar-refractivity contribution in [2.24, 2.45) is 0 Å². The molecule has 17 heavy (non-hydrogen) atoms. The Balaban J connectivity index is 2.06. The lowest BCUT2D eigenvalue weighted by Crippen LogP contribution is -1.95. The van der Waals surface area contributed by atoms with Gasteiger partial charge in [0.15, 0.2) is 0 Å². The van der Waals surface area contributed by atoms with Crippen LogP contribution in [0.1, 0.15) is 24.5 Å². The van der Waals surface area contributed by atoms with Crippen LogP contribution in [0, 0.1) is 0 Å². The van der Waals surface area contributed by atoms with Gasteiger partial charge in [0.05, 0.1) is 0 Å². The van der Waals surface area contributed by atoms with E-state index in [1.54, 1.807) is 0 Å². The lowest BCUT2D eigenvalue weighted by Gasteiger charge is -2.08. The second-order valence-corrected chi connectivity index (χ2v) is 4.86. The molecular formula is C14H13ClN2. The number of hydrogen-bond donors (Lipinski definition) is 1. The minimum atomic E-state index is 0.623. The first kappa shape index (κ1) is 10.6. The van der Waals surface area contributed by atoms with E-state index in [2.05, 4.69) is 4.98 Å². The average Bonchev–Trinajstić information content (AvgIpc) is 3.14. The third kappa shape index (κ3) is 2.01. The highest BCUT2D eigenvalue weighted by Gasteiger charge is 2.25. The highest BCUT2D eigenvalue weighted by atomic mass is 35.5. The first-order chi connectivity index (χ1) is 8.25. The molecule has 86 valence electrons. The minimum Gasteiger partial charge on any atom is -0.398 e. The summed E-state index contributed by atoms with van der Waals surface area (Å²) < 4.78 is 0. The van der Waals surface area contributed by atoms with Crippen LogP contribution >= 0.6 is 11.6 Å². The average molecular weight is 245 g/mol. The second kappa shape index (κ2) is 4.04. The summed E-state index contributed by atoms with van der Waals surface area (Å²) >= 11 is 6.16. The zero-order valence-electron chi connectivity index (χ0n) is 9.36. The van der Waals surface area contributed by atoms with Crippen LogP contribution in [0.25, 0.3) is 11.1 Å². The summed E-state index contributed by atoms with van der Waals surface area (Å²) in [6, 6.07) is 9.68. The van der Waals surface area contributed by atoms with E-state index < -0.39 is 0 Å². The quantitative estimate of drug-likeness (QED) is 0.871. The van der Waals surface area contributed by atoms with E-state index >= 15 is 0 Å². The summed E-state index contributed by atoms with van der Waals surface area (Å²) in [5.74, 6) is 0.623. The Morgan fingerprint density at radius 3 is 2.59 bits per heavy atom. The molecule has 0 spiro atoms. The molecule has 3 rings (SSSR count). The molecule has 0 saturated heterocycles. The molecule has 0 unspecified atom stereocenters. The van der Waals surface area contributed by atoms with Gasteiger partial charge in [0.2, 0.25) is 0 Å². The molecule has 0 aliphatic heterocycles. The summed E-state index contributed by atoms with van der Waals surface area (Å²) in [4.78, 5) is 4.48. The van der Waals surface area contributed by atoms with Crippen LogP contribution < -0.4 is 5.73 Å². The van der Waals surface area contributed by atoms with Crippen molar-refractivity contribution in [3.8, 4) is 11.1 Å². The van der Waals surface area contributed by atoms with E-state index in [0.717, 1.165) is 22.5 Å². The van der Waals surface area contributed by atoms with Gasteiger partial charge in [0.1, 0.15) is 0 Å². The van der Waals surface area contributed by atoms with Crippen molar-refractivity contribution in [2.45, 2.75) is 18.8 Å². The van der Waals surface area contributed by atoms with Crippen molar-refractivity contribution in [1.82, 2.24) is 4.98 Å². The molecule has 1 fully saturated rings. The standard InChI is InChI=1S/C14H13ClN2/c15-12-4-2-1-3-10(12)11-8-17-14(7-13(11)16)9-5-6-9/h1-4,7-9H,5-6H2,(H2,16,17). The minimum absolute atomic E-state index is 0.623. The maximum Gasteiger partial charge on any atom is 0.0485 e. The van der Waals surface area contributed by atoms with E-state index in [0.29, 0.717) is 10.9 Å². The molecule has 3 heteroatoms. The van der Waals surface area contributed by atoms with Gasteiger partial charge in [-0.2, -0.15) is 0 Å². The summed E-state index contributed by atoms with van der Waals surface area (Å²) in [5, 5.41) is 0.708. The van der Waals surface area contributed by atoms with Gasteiger partial charge < -0.3 is 5.73 Å². The Kier molecular flexibility index (Phi) is 2.52. The van der Waals surface area contributed by atoms with Crippen molar-refractivity contribution in [1.29, 1.82) is 0 Å². The highest BCUT2D eigenvalue weighted by molar-refractivity contribution is 6.33. The zero-order chi connectivity index (χ0) is 11.8. The number of nitrogen functional groups attached to an aromatic ring is 1. The third-order valence-electron chi connectivity index (χ3n) is 3.12. The number of aromatic nitrogens is 1. The van der Waals surface area contributed by atoms with Gasteiger partial charge in [0.25, 0.3) is 0 Å². The van der Waals surface area contributed by atoms with E-state index in [1.807, 2.05) is 36.5 Å². The van der Waals surface area contributed by atoms with Crippen molar-refractivity contribution >= 4 is 17.3 Å². The fourth-order valence-corrected chi connectivity index (χ4v) is 2.23. The van der Waals surface area contributed by atoms with E-state index in [-0.39, 0.29) is 0 Å². The molecule has 1 aromatic carbocycles. The lowest BCUT2D eigenvalue weighted by molar-refractivity contribution is 1.03. The summed E-state index contributed by atoms with van der Waals surface area (Å²) in [6.07, 6.45) is 4.31. The molecule has 2 nitrogen and oxygen atoms in total. The predicted molar refractivity (Wildman–Crippen MR) is 71.1 cm³/mol.